The fourth-order valence-electron chi connectivity index (χ4n) is 1.60. The Kier molecular flexibility index (Phi) is 5.23. The summed E-state index contributed by atoms with van der Waals surface area (Å²) in [6, 6.07) is 12.0. The van der Waals surface area contributed by atoms with E-state index in [1.165, 1.54) is 9.35 Å². The SMILES string of the molecule is CN(CCOc1ccccc1)Cc1sccc1Br. The molecule has 18 heavy (non-hydrogen) atoms. The van der Waals surface area contributed by atoms with Crippen LogP contribution < -0.4 is 4.74 Å². The maximum absolute atomic E-state index is 5.68. The van der Waals surface area contributed by atoms with Gasteiger partial charge in [0.25, 0.3) is 0 Å². The summed E-state index contributed by atoms with van der Waals surface area (Å²) in [5.74, 6) is 0.934. The van der Waals surface area contributed by atoms with E-state index in [0.29, 0.717) is 6.61 Å². The number of rotatable bonds is 6. The van der Waals surface area contributed by atoms with Gasteiger partial charge in [-0.15, -0.1) is 11.3 Å². The topological polar surface area (TPSA) is 12.5 Å². The van der Waals surface area contributed by atoms with Crippen LogP contribution in [0.25, 0.3) is 0 Å². The first-order chi connectivity index (χ1) is 8.75. The number of nitrogens with zero attached hydrogens (tertiary/aromatic N) is 1. The van der Waals surface area contributed by atoms with Crippen molar-refractivity contribution in [1.29, 1.82) is 0 Å². The second-order valence-electron chi connectivity index (χ2n) is 4.09. The van der Waals surface area contributed by atoms with Gasteiger partial charge in [-0.05, 0) is 46.6 Å². The summed E-state index contributed by atoms with van der Waals surface area (Å²) in [5, 5.41) is 2.10. The summed E-state index contributed by atoms with van der Waals surface area (Å²) in [5.41, 5.74) is 0. The van der Waals surface area contributed by atoms with Crippen molar-refractivity contribution < 1.29 is 4.74 Å². The molecule has 0 N–H and O–H groups in total. The summed E-state index contributed by atoms with van der Waals surface area (Å²) in [7, 11) is 2.11. The maximum Gasteiger partial charge on any atom is 0.119 e. The number of hydrogen-bond donors (Lipinski definition) is 0. The van der Waals surface area contributed by atoms with Crippen LogP contribution in [0.4, 0.5) is 0 Å². The number of hydrogen-bond acceptors (Lipinski definition) is 3. The summed E-state index contributed by atoms with van der Waals surface area (Å²) in [6.07, 6.45) is 0. The first kappa shape index (κ1) is 13.6. The zero-order valence-electron chi connectivity index (χ0n) is 10.3. The molecular weight excluding hydrogens is 310 g/mol. The van der Waals surface area contributed by atoms with Gasteiger partial charge in [-0.2, -0.15) is 0 Å². The van der Waals surface area contributed by atoms with Crippen molar-refractivity contribution in [2.75, 3.05) is 20.2 Å². The summed E-state index contributed by atoms with van der Waals surface area (Å²) >= 11 is 5.33. The zero-order valence-corrected chi connectivity index (χ0v) is 12.7. The monoisotopic (exact) mass is 325 g/mol. The number of benzene rings is 1. The third kappa shape index (κ3) is 4.12. The van der Waals surface area contributed by atoms with Crippen LogP contribution in [0.1, 0.15) is 4.88 Å². The minimum atomic E-state index is 0.712. The average Bonchev–Trinajstić information content (AvgIpc) is 2.76. The minimum Gasteiger partial charge on any atom is -0.492 e. The Morgan fingerprint density at radius 1 is 1.22 bits per heavy atom. The van der Waals surface area contributed by atoms with Crippen LogP contribution in [0.15, 0.2) is 46.3 Å². The number of halogens is 1. The first-order valence-electron chi connectivity index (χ1n) is 5.84. The average molecular weight is 326 g/mol. The Balaban J connectivity index is 1.72. The second kappa shape index (κ2) is 6.92. The Labute approximate surface area is 120 Å². The van der Waals surface area contributed by atoms with Crippen molar-refractivity contribution in [3.63, 3.8) is 0 Å². The molecule has 1 heterocycles. The molecular formula is C14H16BrNOS. The molecule has 0 amide bonds. The van der Waals surface area contributed by atoms with Gasteiger partial charge in [0, 0.05) is 22.4 Å². The lowest BCUT2D eigenvalue weighted by molar-refractivity contribution is 0.234. The molecule has 0 aliphatic heterocycles. The van der Waals surface area contributed by atoms with E-state index in [2.05, 4.69) is 39.3 Å². The molecule has 0 aliphatic carbocycles. The van der Waals surface area contributed by atoms with E-state index in [1.54, 1.807) is 11.3 Å². The van der Waals surface area contributed by atoms with Crippen LogP contribution in [0.2, 0.25) is 0 Å². The molecule has 0 fully saturated rings. The Morgan fingerprint density at radius 2 is 2.00 bits per heavy atom. The van der Waals surface area contributed by atoms with Gasteiger partial charge in [-0.1, -0.05) is 18.2 Å². The molecule has 1 aromatic carbocycles. The zero-order chi connectivity index (χ0) is 12.8. The van der Waals surface area contributed by atoms with E-state index in [0.717, 1.165) is 18.8 Å². The summed E-state index contributed by atoms with van der Waals surface area (Å²) in [4.78, 5) is 3.62. The molecule has 0 saturated heterocycles. The van der Waals surface area contributed by atoms with Crippen LogP contribution >= 0.6 is 27.3 Å². The van der Waals surface area contributed by atoms with Crippen molar-refractivity contribution in [2.24, 2.45) is 0 Å². The maximum atomic E-state index is 5.68. The second-order valence-corrected chi connectivity index (χ2v) is 5.95. The van der Waals surface area contributed by atoms with Crippen molar-refractivity contribution >= 4 is 27.3 Å². The molecule has 0 aliphatic rings. The molecule has 0 bridgehead atoms. The quantitative estimate of drug-likeness (QED) is 0.795. The van der Waals surface area contributed by atoms with Crippen LogP contribution in [0, 0.1) is 0 Å². The Morgan fingerprint density at radius 3 is 2.67 bits per heavy atom. The van der Waals surface area contributed by atoms with Crippen molar-refractivity contribution in [2.45, 2.75) is 6.54 Å². The normalized spacial score (nSPS) is 10.8. The van der Waals surface area contributed by atoms with Gasteiger partial charge in [-0.25, -0.2) is 0 Å². The first-order valence-corrected chi connectivity index (χ1v) is 7.51. The number of likely N-dealkylation sites (N-methyl/N-ethyl adjacent to an activating group) is 1. The molecule has 2 rings (SSSR count). The highest BCUT2D eigenvalue weighted by atomic mass is 79.9. The van der Waals surface area contributed by atoms with Crippen molar-refractivity contribution in [3.8, 4) is 5.75 Å². The van der Waals surface area contributed by atoms with Gasteiger partial charge in [0.1, 0.15) is 12.4 Å². The van der Waals surface area contributed by atoms with Crippen molar-refractivity contribution in [3.05, 3.63) is 51.1 Å². The molecule has 0 saturated carbocycles. The molecule has 0 atom stereocenters. The van der Waals surface area contributed by atoms with E-state index in [-0.39, 0.29) is 0 Å². The van der Waals surface area contributed by atoms with Gasteiger partial charge < -0.3 is 4.74 Å². The molecule has 96 valence electrons. The van der Waals surface area contributed by atoms with Crippen molar-refractivity contribution in [1.82, 2.24) is 4.90 Å². The van der Waals surface area contributed by atoms with Crippen LogP contribution in [-0.2, 0) is 6.54 Å². The summed E-state index contributed by atoms with van der Waals surface area (Å²) < 4.78 is 6.87. The van der Waals surface area contributed by atoms with E-state index in [9.17, 15) is 0 Å². The fraction of sp³-hybridized carbons (Fsp3) is 0.286. The molecule has 4 heteroatoms. The van der Waals surface area contributed by atoms with E-state index in [1.807, 2.05) is 30.3 Å². The lowest BCUT2D eigenvalue weighted by Crippen LogP contribution is -2.23. The predicted octanol–water partition coefficient (Wildman–Crippen LogP) is 4.02. The molecule has 2 aromatic rings. The highest BCUT2D eigenvalue weighted by molar-refractivity contribution is 9.10. The van der Waals surface area contributed by atoms with Gasteiger partial charge in [-0.3, -0.25) is 4.90 Å². The minimum absolute atomic E-state index is 0.712. The standard InChI is InChI=1S/C14H16BrNOS/c1-16(11-14-13(15)7-10-18-14)8-9-17-12-5-3-2-4-6-12/h2-7,10H,8-9,11H2,1H3. The van der Waals surface area contributed by atoms with E-state index >= 15 is 0 Å². The third-order valence-electron chi connectivity index (χ3n) is 2.59. The van der Waals surface area contributed by atoms with Crippen LogP contribution in [-0.4, -0.2) is 25.1 Å². The smallest absolute Gasteiger partial charge is 0.119 e. The lowest BCUT2D eigenvalue weighted by Gasteiger charge is -2.16. The fourth-order valence-corrected chi connectivity index (χ4v) is 3.16. The van der Waals surface area contributed by atoms with Gasteiger partial charge in [0.2, 0.25) is 0 Å². The molecule has 0 radical (unpaired) electrons. The highest BCUT2D eigenvalue weighted by Gasteiger charge is 2.05. The molecule has 0 spiro atoms. The van der Waals surface area contributed by atoms with Gasteiger partial charge in [0.15, 0.2) is 0 Å². The highest BCUT2D eigenvalue weighted by Crippen LogP contribution is 2.23. The van der Waals surface area contributed by atoms with Gasteiger partial charge in [0.05, 0.1) is 0 Å². The Bertz CT molecular complexity index is 472. The largest absolute Gasteiger partial charge is 0.492 e. The number of thiophene rings is 1. The molecule has 0 unspecified atom stereocenters. The van der Waals surface area contributed by atoms with E-state index in [4.69, 9.17) is 4.74 Å². The molecule has 1 aromatic heterocycles. The van der Waals surface area contributed by atoms with Gasteiger partial charge >= 0.3 is 0 Å². The number of para-hydroxylation sites is 1. The summed E-state index contributed by atoms with van der Waals surface area (Å²) in [6.45, 7) is 2.58. The third-order valence-corrected chi connectivity index (χ3v) is 4.50. The van der Waals surface area contributed by atoms with Crippen LogP contribution in [0.3, 0.4) is 0 Å². The number of ether oxygens (including phenoxy) is 1. The van der Waals surface area contributed by atoms with Crippen LogP contribution in [0.5, 0.6) is 5.75 Å². The van der Waals surface area contributed by atoms with E-state index < -0.39 is 0 Å². The Hall–Kier alpha value is -0.840. The molecule has 2 nitrogen and oxygen atoms in total. The predicted molar refractivity (Wildman–Crippen MR) is 80.3 cm³/mol. The lowest BCUT2D eigenvalue weighted by atomic mass is 10.3.